The van der Waals surface area contributed by atoms with E-state index in [1.807, 2.05) is 0 Å². The van der Waals surface area contributed by atoms with Crippen molar-refractivity contribution in [3.8, 4) is 0 Å². The molecule has 1 rings (SSSR count). The Balaban J connectivity index is 3.29. The predicted octanol–water partition coefficient (Wildman–Crippen LogP) is 2.29. The molecule has 4 heteroatoms. The van der Waals surface area contributed by atoms with Gasteiger partial charge in [-0.05, 0) is 12.1 Å². The SMILES string of the molecule is [B]Cc1c(F)ccc(Cl)c1F. The van der Waals surface area contributed by atoms with Crippen LogP contribution in [0.1, 0.15) is 5.56 Å². The fourth-order valence-corrected chi connectivity index (χ4v) is 0.933. The van der Waals surface area contributed by atoms with E-state index in [0.29, 0.717) is 0 Å². The van der Waals surface area contributed by atoms with Crippen molar-refractivity contribution in [3.05, 3.63) is 34.4 Å². The number of rotatable bonds is 1. The highest BCUT2D eigenvalue weighted by Gasteiger charge is 2.09. The summed E-state index contributed by atoms with van der Waals surface area (Å²) in [5.41, 5.74) is -0.169. The van der Waals surface area contributed by atoms with Crippen LogP contribution < -0.4 is 0 Å². The van der Waals surface area contributed by atoms with Gasteiger partial charge >= 0.3 is 0 Å². The van der Waals surface area contributed by atoms with Gasteiger partial charge in [0.05, 0.1) is 12.9 Å². The standard InChI is InChI=1S/C7H4BClF2/c8-3-4-6(10)2-1-5(9)7(4)11/h1-2H,3H2. The summed E-state index contributed by atoms with van der Waals surface area (Å²) in [5.74, 6) is -1.43. The van der Waals surface area contributed by atoms with Crippen LogP contribution in [0.5, 0.6) is 0 Å². The van der Waals surface area contributed by atoms with E-state index in [4.69, 9.17) is 19.4 Å². The van der Waals surface area contributed by atoms with Gasteiger partial charge < -0.3 is 0 Å². The summed E-state index contributed by atoms with van der Waals surface area (Å²) >= 11 is 5.37. The van der Waals surface area contributed by atoms with E-state index in [9.17, 15) is 8.78 Å². The summed E-state index contributed by atoms with van der Waals surface area (Å²) in [6, 6.07) is 2.25. The monoisotopic (exact) mass is 172 g/mol. The highest BCUT2D eigenvalue weighted by Crippen LogP contribution is 2.20. The van der Waals surface area contributed by atoms with E-state index in [2.05, 4.69) is 0 Å². The minimum absolute atomic E-state index is 0.105. The lowest BCUT2D eigenvalue weighted by atomic mass is 9.96. The van der Waals surface area contributed by atoms with Gasteiger partial charge in [0, 0.05) is 5.56 Å². The molecule has 0 aliphatic carbocycles. The molecule has 0 heterocycles. The van der Waals surface area contributed by atoms with Crippen molar-refractivity contribution in [1.82, 2.24) is 0 Å². The summed E-state index contributed by atoms with van der Waals surface area (Å²) < 4.78 is 25.5. The summed E-state index contributed by atoms with van der Waals surface area (Å²) in [6.07, 6.45) is -0.182. The quantitative estimate of drug-likeness (QED) is 0.450. The molecule has 0 saturated heterocycles. The largest absolute Gasteiger partial charge is 0.207 e. The highest BCUT2D eigenvalue weighted by atomic mass is 35.5. The number of hydrogen-bond donors (Lipinski definition) is 0. The summed E-state index contributed by atoms with van der Waals surface area (Å²) in [6.45, 7) is 0. The molecule has 2 radical (unpaired) electrons. The minimum atomic E-state index is -0.769. The molecule has 0 amide bonds. The van der Waals surface area contributed by atoms with Crippen molar-refractivity contribution < 1.29 is 8.78 Å². The molecule has 0 unspecified atom stereocenters. The molecule has 0 fully saturated rings. The maximum atomic E-state index is 12.8. The third-order valence-electron chi connectivity index (χ3n) is 1.34. The first-order chi connectivity index (χ1) is 5.16. The molecule has 1 aromatic carbocycles. The molecule has 11 heavy (non-hydrogen) atoms. The summed E-state index contributed by atoms with van der Waals surface area (Å²) in [4.78, 5) is 0. The smallest absolute Gasteiger partial charge is 0.147 e. The Kier molecular flexibility index (Phi) is 2.50. The van der Waals surface area contributed by atoms with Crippen LogP contribution in [0.25, 0.3) is 0 Å². The Hall–Kier alpha value is -0.565. The first-order valence-electron chi connectivity index (χ1n) is 2.99. The van der Waals surface area contributed by atoms with Gasteiger partial charge in [-0.25, -0.2) is 8.78 Å². The normalized spacial score (nSPS) is 10.1. The average Bonchev–Trinajstić information content (AvgIpc) is 1.99. The molecule has 0 aliphatic rings. The van der Waals surface area contributed by atoms with Crippen LogP contribution in [0.4, 0.5) is 8.78 Å². The Morgan fingerprint density at radius 3 is 2.45 bits per heavy atom. The van der Waals surface area contributed by atoms with Crippen LogP contribution >= 0.6 is 11.6 Å². The van der Waals surface area contributed by atoms with Gasteiger partial charge in [-0.1, -0.05) is 17.9 Å². The van der Waals surface area contributed by atoms with Crippen molar-refractivity contribution >= 4 is 19.4 Å². The molecule has 1 aromatic rings. The number of halogens is 3. The van der Waals surface area contributed by atoms with Gasteiger partial charge in [0.1, 0.15) is 11.6 Å². The van der Waals surface area contributed by atoms with Crippen molar-refractivity contribution in [2.75, 3.05) is 0 Å². The van der Waals surface area contributed by atoms with Crippen LogP contribution in [0.2, 0.25) is 5.02 Å². The molecule has 0 aliphatic heterocycles. The van der Waals surface area contributed by atoms with Crippen LogP contribution in [-0.2, 0) is 6.32 Å². The van der Waals surface area contributed by atoms with Gasteiger partial charge in [0.25, 0.3) is 0 Å². The minimum Gasteiger partial charge on any atom is -0.207 e. The second kappa shape index (κ2) is 3.22. The maximum Gasteiger partial charge on any atom is 0.147 e. The number of benzene rings is 1. The summed E-state index contributed by atoms with van der Waals surface area (Å²) in [5, 5.41) is -0.105. The Morgan fingerprint density at radius 1 is 1.36 bits per heavy atom. The second-order valence-corrected chi connectivity index (χ2v) is 2.43. The highest BCUT2D eigenvalue weighted by molar-refractivity contribution is 6.30. The molecular weight excluding hydrogens is 168 g/mol. The fraction of sp³-hybridized carbons (Fsp3) is 0.143. The molecule has 0 N–H and O–H groups in total. The topological polar surface area (TPSA) is 0 Å². The molecule has 0 saturated carbocycles. The van der Waals surface area contributed by atoms with E-state index in [1.54, 1.807) is 0 Å². The van der Waals surface area contributed by atoms with Crippen LogP contribution in [-0.4, -0.2) is 7.85 Å². The summed E-state index contributed by atoms with van der Waals surface area (Å²) in [7, 11) is 5.08. The lowest BCUT2D eigenvalue weighted by Crippen LogP contribution is -1.95. The van der Waals surface area contributed by atoms with Crippen LogP contribution in [0.15, 0.2) is 12.1 Å². The molecule has 0 nitrogen and oxygen atoms in total. The fourth-order valence-electron chi connectivity index (χ4n) is 0.756. The van der Waals surface area contributed by atoms with E-state index < -0.39 is 11.6 Å². The Labute approximate surface area is 69.6 Å². The van der Waals surface area contributed by atoms with Gasteiger partial charge in [0.2, 0.25) is 0 Å². The molecule has 0 spiro atoms. The van der Waals surface area contributed by atoms with Crippen LogP contribution in [0.3, 0.4) is 0 Å². The van der Waals surface area contributed by atoms with E-state index in [-0.39, 0.29) is 16.9 Å². The van der Waals surface area contributed by atoms with Crippen molar-refractivity contribution in [2.24, 2.45) is 0 Å². The molecule has 0 bridgehead atoms. The van der Waals surface area contributed by atoms with Gasteiger partial charge in [-0.3, -0.25) is 0 Å². The average molecular weight is 172 g/mol. The lowest BCUT2D eigenvalue weighted by Gasteiger charge is -2.01. The zero-order valence-electron chi connectivity index (χ0n) is 5.57. The van der Waals surface area contributed by atoms with Crippen molar-refractivity contribution in [1.29, 1.82) is 0 Å². The zero-order chi connectivity index (χ0) is 8.43. The third kappa shape index (κ3) is 1.53. The maximum absolute atomic E-state index is 12.8. The molecule has 0 atom stereocenters. The Morgan fingerprint density at radius 2 is 2.00 bits per heavy atom. The zero-order valence-corrected chi connectivity index (χ0v) is 6.33. The van der Waals surface area contributed by atoms with Crippen LogP contribution in [0, 0.1) is 11.6 Å². The molecule has 0 aromatic heterocycles. The first kappa shape index (κ1) is 8.53. The van der Waals surface area contributed by atoms with Gasteiger partial charge in [0.15, 0.2) is 0 Å². The molecular formula is C7H4BClF2. The predicted molar refractivity (Wildman–Crippen MR) is 40.8 cm³/mol. The van der Waals surface area contributed by atoms with Crippen molar-refractivity contribution in [3.63, 3.8) is 0 Å². The lowest BCUT2D eigenvalue weighted by molar-refractivity contribution is 0.566. The van der Waals surface area contributed by atoms with E-state index in [1.165, 1.54) is 0 Å². The molecule has 56 valence electrons. The van der Waals surface area contributed by atoms with E-state index >= 15 is 0 Å². The Bertz CT molecular complexity index is 275. The second-order valence-electron chi connectivity index (χ2n) is 2.03. The van der Waals surface area contributed by atoms with Crippen molar-refractivity contribution in [2.45, 2.75) is 6.32 Å². The number of hydrogen-bond acceptors (Lipinski definition) is 0. The van der Waals surface area contributed by atoms with Gasteiger partial charge in [-0.2, -0.15) is 0 Å². The van der Waals surface area contributed by atoms with Gasteiger partial charge in [-0.15, -0.1) is 0 Å². The first-order valence-corrected chi connectivity index (χ1v) is 3.37. The van der Waals surface area contributed by atoms with E-state index in [0.717, 1.165) is 12.1 Å². The third-order valence-corrected chi connectivity index (χ3v) is 1.63.